The molecule has 0 aliphatic rings. The second-order valence-corrected chi connectivity index (χ2v) is 3.83. The van der Waals surface area contributed by atoms with Gasteiger partial charge in [-0.1, -0.05) is 0 Å². The van der Waals surface area contributed by atoms with E-state index in [1.165, 1.54) is 0 Å². The van der Waals surface area contributed by atoms with Crippen LogP contribution in [-0.4, -0.2) is 26.0 Å². The Kier molecular flexibility index (Phi) is 5.98. The summed E-state index contributed by atoms with van der Waals surface area (Å²) in [5, 5.41) is 0. The molecule has 0 rings (SSSR count). The number of ether oxygens (including phenoxy) is 1. The normalized spacial score (nSPS) is 11.2. The van der Waals surface area contributed by atoms with Crippen molar-refractivity contribution in [1.82, 2.24) is 0 Å². The molecule has 0 fully saturated rings. The predicted molar refractivity (Wildman–Crippen MR) is 42.9 cm³/mol. The third-order valence-electron chi connectivity index (χ3n) is 0.952. The summed E-state index contributed by atoms with van der Waals surface area (Å²) in [6.07, 6.45) is -0.321. The lowest BCUT2D eigenvalue weighted by molar-refractivity contribution is -0.127. The third-order valence-corrected chi connectivity index (χ3v) is 2.72. The second-order valence-electron chi connectivity index (χ2n) is 1.84. The van der Waals surface area contributed by atoms with Gasteiger partial charge in [-0.2, -0.15) is 0 Å². The van der Waals surface area contributed by atoms with Crippen molar-refractivity contribution in [3.63, 3.8) is 0 Å². The standard InChI is InChI=1S/C6H13O5P/c1-3-10-12(8,11-4-2)6-9-5-7/h5H,3-4,6H2,1-2H3. The Morgan fingerprint density at radius 3 is 2.08 bits per heavy atom. The Labute approximate surface area is 71.5 Å². The van der Waals surface area contributed by atoms with Crippen LogP contribution in [0.5, 0.6) is 0 Å². The van der Waals surface area contributed by atoms with Crippen LogP contribution in [0.25, 0.3) is 0 Å². The first-order valence-corrected chi connectivity index (χ1v) is 5.34. The first-order chi connectivity index (χ1) is 5.68. The maximum atomic E-state index is 11.4. The van der Waals surface area contributed by atoms with Gasteiger partial charge in [-0.15, -0.1) is 0 Å². The fourth-order valence-corrected chi connectivity index (χ4v) is 1.88. The molecule has 72 valence electrons. The van der Waals surface area contributed by atoms with Crippen molar-refractivity contribution < 1.29 is 23.1 Å². The third kappa shape index (κ3) is 4.49. The molecular weight excluding hydrogens is 183 g/mol. The van der Waals surface area contributed by atoms with Crippen molar-refractivity contribution in [2.75, 3.05) is 19.6 Å². The summed E-state index contributed by atoms with van der Waals surface area (Å²) in [5.41, 5.74) is 0. The van der Waals surface area contributed by atoms with E-state index in [-0.39, 0.29) is 26.0 Å². The summed E-state index contributed by atoms with van der Waals surface area (Å²) in [6, 6.07) is 0. The quantitative estimate of drug-likeness (QED) is 0.454. The Hall–Kier alpha value is -0.380. The lowest BCUT2D eigenvalue weighted by Crippen LogP contribution is -2.02. The maximum Gasteiger partial charge on any atom is 0.367 e. The molecule has 0 atom stereocenters. The van der Waals surface area contributed by atoms with E-state index in [2.05, 4.69) is 4.74 Å². The van der Waals surface area contributed by atoms with E-state index >= 15 is 0 Å². The van der Waals surface area contributed by atoms with E-state index in [4.69, 9.17) is 9.05 Å². The van der Waals surface area contributed by atoms with Crippen molar-refractivity contribution in [2.24, 2.45) is 0 Å². The molecule has 0 unspecified atom stereocenters. The molecule has 0 aliphatic carbocycles. The van der Waals surface area contributed by atoms with Gasteiger partial charge in [0, 0.05) is 0 Å². The first kappa shape index (κ1) is 11.6. The monoisotopic (exact) mass is 196 g/mol. The smallest absolute Gasteiger partial charge is 0.367 e. The van der Waals surface area contributed by atoms with Gasteiger partial charge in [0.25, 0.3) is 6.47 Å². The van der Waals surface area contributed by atoms with Crippen molar-refractivity contribution in [1.29, 1.82) is 0 Å². The van der Waals surface area contributed by atoms with E-state index in [1.807, 2.05) is 0 Å². The van der Waals surface area contributed by atoms with Gasteiger partial charge in [-0.05, 0) is 13.8 Å². The lowest BCUT2D eigenvalue weighted by Gasteiger charge is -2.14. The molecule has 0 heterocycles. The van der Waals surface area contributed by atoms with Crippen molar-refractivity contribution >= 4 is 14.1 Å². The summed E-state index contributed by atoms with van der Waals surface area (Å²) in [5.74, 6) is 0. The zero-order valence-electron chi connectivity index (χ0n) is 7.19. The molecule has 12 heavy (non-hydrogen) atoms. The highest BCUT2D eigenvalue weighted by Gasteiger charge is 2.23. The van der Waals surface area contributed by atoms with E-state index < -0.39 is 7.60 Å². The number of hydrogen-bond acceptors (Lipinski definition) is 5. The topological polar surface area (TPSA) is 61.8 Å². The molecule has 5 nitrogen and oxygen atoms in total. The van der Waals surface area contributed by atoms with Crippen molar-refractivity contribution in [2.45, 2.75) is 13.8 Å². The largest absolute Gasteiger partial charge is 0.455 e. The lowest BCUT2D eigenvalue weighted by atomic mass is 10.9. The molecule has 0 aromatic rings. The molecule has 0 saturated heterocycles. The number of hydrogen-bond donors (Lipinski definition) is 0. The van der Waals surface area contributed by atoms with Crippen LogP contribution in [0.4, 0.5) is 0 Å². The summed E-state index contributed by atoms with van der Waals surface area (Å²) >= 11 is 0. The maximum absolute atomic E-state index is 11.4. The summed E-state index contributed by atoms with van der Waals surface area (Å²) < 4.78 is 25.4. The molecule has 0 bridgehead atoms. The highest BCUT2D eigenvalue weighted by atomic mass is 31.2. The highest BCUT2D eigenvalue weighted by Crippen LogP contribution is 2.47. The molecule has 0 radical (unpaired) electrons. The summed E-state index contributed by atoms with van der Waals surface area (Å²) in [7, 11) is -3.19. The van der Waals surface area contributed by atoms with Crippen LogP contribution < -0.4 is 0 Å². The fraction of sp³-hybridized carbons (Fsp3) is 0.833. The number of rotatable bonds is 7. The molecule has 0 aromatic carbocycles. The summed E-state index contributed by atoms with van der Waals surface area (Å²) in [6.45, 7) is 4.11. The number of carbonyl (C=O) groups is 1. The Balaban J connectivity index is 3.98. The molecule has 0 aromatic heterocycles. The summed E-state index contributed by atoms with van der Waals surface area (Å²) in [4.78, 5) is 9.81. The molecule has 0 amide bonds. The van der Waals surface area contributed by atoms with Crippen molar-refractivity contribution in [3.05, 3.63) is 0 Å². The van der Waals surface area contributed by atoms with Gasteiger partial charge in [0.05, 0.1) is 13.2 Å². The van der Waals surface area contributed by atoms with E-state index in [0.717, 1.165) is 0 Å². The minimum atomic E-state index is -3.19. The van der Waals surface area contributed by atoms with Crippen LogP contribution >= 0.6 is 7.60 Å². The molecule has 0 N–H and O–H groups in total. The first-order valence-electron chi connectivity index (χ1n) is 3.62. The predicted octanol–water partition coefficient (Wildman–Crippen LogP) is 1.38. The minimum Gasteiger partial charge on any atom is -0.455 e. The van der Waals surface area contributed by atoms with E-state index in [9.17, 15) is 9.36 Å². The Morgan fingerprint density at radius 1 is 1.25 bits per heavy atom. The highest BCUT2D eigenvalue weighted by molar-refractivity contribution is 7.53. The zero-order valence-corrected chi connectivity index (χ0v) is 8.08. The van der Waals surface area contributed by atoms with Crippen LogP contribution in [0.1, 0.15) is 13.8 Å². The average Bonchev–Trinajstić information content (AvgIpc) is 2.02. The molecule has 0 aliphatic heterocycles. The zero-order chi connectivity index (χ0) is 9.45. The molecule has 6 heteroatoms. The molecule has 0 saturated carbocycles. The average molecular weight is 196 g/mol. The van der Waals surface area contributed by atoms with Gasteiger partial charge in [0.1, 0.15) is 0 Å². The van der Waals surface area contributed by atoms with Gasteiger partial charge in [0.15, 0.2) is 6.35 Å². The Bertz CT molecular complexity index is 159. The van der Waals surface area contributed by atoms with Gasteiger partial charge < -0.3 is 13.8 Å². The minimum absolute atomic E-state index is 0.213. The Morgan fingerprint density at radius 2 is 1.75 bits per heavy atom. The molecular formula is C6H13O5P. The van der Waals surface area contributed by atoms with Gasteiger partial charge in [-0.25, -0.2) is 0 Å². The van der Waals surface area contributed by atoms with E-state index in [0.29, 0.717) is 0 Å². The van der Waals surface area contributed by atoms with Crippen LogP contribution in [0, 0.1) is 0 Å². The van der Waals surface area contributed by atoms with Crippen LogP contribution in [-0.2, 0) is 23.1 Å². The van der Waals surface area contributed by atoms with E-state index in [1.54, 1.807) is 13.8 Å². The van der Waals surface area contributed by atoms with Crippen molar-refractivity contribution in [3.8, 4) is 0 Å². The number of carbonyl (C=O) groups excluding carboxylic acids is 1. The SMILES string of the molecule is CCOP(=O)(COC=O)OCC. The van der Waals surface area contributed by atoms with Gasteiger partial charge >= 0.3 is 7.60 Å². The van der Waals surface area contributed by atoms with Gasteiger partial charge in [0.2, 0.25) is 0 Å². The second kappa shape index (κ2) is 6.17. The van der Waals surface area contributed by atoms with Crippen LogP contribution in [0.2, 0.25) is 0 Å². The fourth-order valence-electron chi connectivity index (χ4n) is 0.627. The molecule has 0 spiro atoms. The van der Waals surface area contributed by atoms with Crippen LogP contribution in [0.15, 0.2) is 0 Å². The van der Waals surface area contributed by atoms with Gasteiger partial charge in [-0.3, -0.25) is 9.36 Å². The van der Waals surface area contributed by atoms with Crippen LogP contribution in [0.3, 0.4) is 0 Å².